The van der Waals surface area contributed by atoms with Gasteiger partial charge in [0.15, 0.2) is 0 Å². The molecule has 0 spiro atoms. The zero-order valence-corrected chi connectivity index (χ0v) is 13.0. The average molecular weight is 329 g/mol. The number of halogens is 3. The normalized spacial score (nSPS) is 10.7. The SMILES string of the molecule is CCCNCc1nc(Oc2ccc(Cl)c(F)c2)ccc1Cl. The summed E-state index contributed by atoms with van der Waals surface area (Å²) < 4.78 is 18.9. The zero-order chi connectivity index (χ0) is 15.2. The molecule has 1 aromatic heterocycles. The maximum Gasteiger partial charge on any atom is 0.219 e. The molecule has 1 heterocycles. The molecule has 1 N–H and O–H groups in total. The van der Waals surface area contributed by atoms with Crippen LogP contribution in [0.3, 0.4) is 0 Å². The summed E-state index contributed by atoms with van der Waals surface area (Å²) in [5.74, 6) is 0.154. The third kappa shape index (κ3) is 4.56. The molecule has 0 aliphatic heterocycles. The number of hydrogen-bond donors (Lipinski definition) is 1. The van der Waals surface area contributed by atoms with Crippen molar-refractivity contribution in [3.05, 3.63) is 51.9 Å². The molecular formula is C15H15Cl2FN2O. The number of rotatable bonds is 6. The van der Waals surface area contributed by atoms with Crippen molar-refractivity contribution in [3.63, 3.8) is 0 Å². The minimum absolute atomic E-state index is 0.0517. The number of nitrogens with one attached hydrogen (secondary N) is 1. The van der Waals surface area contributed by atoms with Crippen LogP contribution >= 0.6 is 23.2 Å². The van der Waals surface area contributed by atoms with Gasteiger partial charge in [0.05, 0.1) is 15.7 Å². The first kappa shape index (κ1) is 16.0. The summed E-state index contributed by atoms with van der Waals surface area (Å²) in [6, 6.07) is 7.58. The molecule has 112 valence electrons. The van der Waals surface area contributed by atoms with Crippen molar-refractivity contribution in [1.29, 1.82) is 0 Å². The smallest absolute Gasteiger partial charge is 0.219 e. The van der Waals surface area contributed by atoms with Crippen molar-refractivity contribution in [2.24, 2.45) is 0 Å². The summed E-state index contributed by atoms with van der Waals surface area (Å²) in [5, 5.41) is 3.83. The van der Waals surface area contributed by atoms with Crippen LogP contribution in [0.25, 0.3) is 0 Å². The molecule has 0 fully saturated rings. The molecule has 0 saturated carbocycles. The number of benzene rings is 1. The van der Waals surface area contributed by atoms with E-state index in [2.05, 4.69) is 17.2 Å². The second kappa shape index (κ2) is 7.59. The minimum Gasteiger partial charge on any atom is -0.439 e. The molecule has 0 atom stereocenters. The lowest BCUT2D eigenvalue weighted by Crippen LogP contribution is -2.15. The first-order valence-electron chi connectivity index (χ1n) is 6.59. The average Bonchev–Trinajstić information content (AvgIpc) is 2.46. The topological polar surface area (TPSA) is 34.2 Å². The number of pyridine rings is 1. The Hall–Kier alpha value is -1.36. The van der Waals surface area contributed by atoms with Gasteiger partial charge in [-0.3, -0.25) is 0 Å². The third-order valence-corrected chi connectivity index (χ3v) is 3.38. The fourth-order valence-corrected chi connectivity index (χ4v) is 1.98. The number of nitrogens with zero attached hydrogens (tertiary/aromatic N) is 1. The van der Waals surface area contributed by atoms with Crippen molar-refractivity contribution in [3.8, 4) is 11.6 Å². The maximum atomic E-state index is 13.4. The molecule has 6 heteroatoms. The van der Waals surface area contributed by atoms with Crippen LogP contribution in [0, 0.1) is 5.82 Å². The van der Waals surface area contributed by atoms with Gasteiger partial charge < -0.3 is 10.1 Å². The lowest BCUT2D eigenvalue weighted by atomic mass is 10.3. The second-order valence-corrected chi connectivity index (χ2v) is 5.25. The zero-order valence-electron chi connectivity index (χ0n) is 11.5. The van der Waals surface area contributed by atoms with E-state index in [0.717, 1.165) is 13.0 Å². The minimum atomic E-state index is -0.534. The van der Waals surface area contributed by atoms with Gasteiger partial charge in [-0.2, -0.15) is 0 Å². The number of hydrogen-bond acceptors (Lipinski definition) is 3. The lowest BCUT2D eigenvalue weighted by molar-refractivity contribution is 0.455. The monoisotopic (exact) mass is 328 g/mol. The van der Waals surface area contributed by atoms with Crippen LogP contribution in [0.5, 0.6) is 11.6 Å². The van der Waals surface area contributed by atoms with Crippen LogP contribution in [-0.4, -0.2) is 11.5 Å². The lowest BCUT2D eigenvalue weighted by Gasteiger charge is -2.09. The van der Waals surface area contributed by atoms with Crippen LogP contribution < -0.4 is 10.1 Å². The molecule has 0 aliphatic carbocycles. The van der Waals surface area contributed by atoms with E-state index in [0.29, 0.717) is 28.9 Å². The van der Waals surface area contributed by atoms with Crippen LogP contribution in [0.4, 0.5) is 4.39 Å². The van der Waals surface area contributed by atoms with E-state index in [1.807, 2.05) is 0 Å². The van der Waals surface area contributed by atoms with Gasteiger partial charge in [0.2, 0.25) is 5.88 Å². The van der Waals surface area contributed by atoms with Gasteiger partial charge in [-0.1, -0.05) is 30.1 Å². The molecule has 2 aromatic rings. The summed E-state index contributed by atoms with van der Waals surface area (Å²) in [6.45, 7) is 3.51. The fourth-order valence-electron chi connectivity index (χ4n) is 1.69. The van der Waals surface area contributed by atoms with E-state index >= 15 is 0 Å². The molecule has 1 aromatic carbocycles. The van der Waals surface area contributed by atoms with Gasteiger partial charge in [0, 0.05) is 18.7 Å². The highest BCUT2D eigenvalue weighted by Gasteiger charge is 2.07. The molecule has 0 aliphatic rings. The summed E-state index contributed by atoms with van der Waals surface area (Å²) >= 11 is 11.7. The predicted octanol–water partition coefficient (Wildman–Crippen LogP) is 4.82. The van der Waals surface area contributed by atoms with Crippen molar-refractivity contribution in [2.45, 2.75) is 19.9 Å². The summed E-state index contributed by atoms with van der Waals surface area (Å²) in [5.41, 5.74) is 0.692. The van der Waals surface area contributed by atoms with Gasteiger partial charge in [-0.05, 0) is 31.2 Å². The molecule has 0 amide bonds. The van der Waals surface area contributed by atoms with E-state index in [9.17, 15) is 4.39 Å². The molecule has 0 radical (unpaired) electrons. The summed E-state index contributed by atoms with van der Waals surface area (Å²) in [6.07, 6.45) is 1.03. The number of aromatic nitrogens is 1. The van der Waals surface area contributed by atoms with E-state index in [-0.39, 0.29) is 5.02 Å². The number of ether oxygens (including phenoxy) is 1. The van der Waals surface area contributed by atoms with E-state index in [1.165, 1.54) is 12.1 Å². The second-order valence-electron chi connectivity index (χ2n) is 4.43. The summed E-state index contributed by atoms with van der Waals surface area (Å²) in [7, 11) is 0. The van der Waals surface area contributed by atoms with Crippen molar-refractivity contribution in [1.82, 2.24) is 10.3 Å². The van der Waals surface area contributed by atoms with Gasteiger partial charge >= 0.3 is 0 Å². The molecule has 0 bridgehead atoms. The Labute approximate surface area is 133 Å². The molecule has 0 saturated heterocycles. The third-order valence-electron chi connectivity index (χ3n) is 2.73. The van der Waals surface area contributed by atoms with Gasteiger partial charge in [0.25, 0.3) is 0 Å². The van der Waals surface area contributed by atoms with Gasteiger partial charge in [-0.25, -0.2) is 9.37 Å². The molecule has 21 heavy (non-hydrogen) atoms. The van der Waals surface area contributed by atoms with Crippen molar-refractivity contribution < 1.29 is 9.13 Å². The molecule has 3 nitrogen and oxygen atoms in total. The first-order valence-corrected chi connectivity index (χ1v) is 7.34. The van der Waals surface area contributed by atoms with Crippen LogP contribution in [0.1, 0.15) is 19.0 Å². The standard InChI is InChI=1S/C15H15Cl2FN2O/c1-2-7-19-9-14-12(17)5-6-15(20-14)21-10-3-4-11(16)13(18)8-10/h3-6,8,19H,2,7,9H2,1H3. The Bertz CT molecular complexity index is 623. The van der Waals surface area contributed by atoms with E-state index in [4.69, 9.17) is 27.9 Å². The maximum absolute atomic E-state index is 13.4. The highest BCUT2D eigenvalue weighted by atomic mass is 35.5. The summed E-state index contributed by atoms with van der Waals surface area (Å²) in [4.78, 5) is 4.32. The highest BCUT2D eigenvalue weighted by Crippen LogP contribution is 2.26. The van der Waals surface area contributed by atoms with Crippen molar-refractivity contribution >= 4 is 23.2 Å². The molecule has 0 unspecified atom stereocenters. The van der Waals surface area contributed by atoms with Crippen molar-refractivity contribution in [2.75, 3.05) is 6.54 Å². The Morgan fingerprint density at radius 2 is 1.95 bits per heavy atom. The van der Waals surface area contributed by atoms with Crippen LogP contribution in [0.2, 0.25) is 10.0 Å². The first-order chi connectivity index (χ1) is 10.1. The van der Waals surface area contributed by atoms with Crippen LogP contribution in [-0.2, 0) is 6.54 Å². The largest absolute Gasteiger partial charge is 0.439 e. The Balaban J connectivity index is 2.12. The Kier molecular flexibility index (Phi) is 5.79. The Morgan fingerprint density at radius 3 is 2.67 bits per heavy atom. The van der Waals surface area contributed by atoms with E-state index in [1.54, 1.807) is 18.2 Å². The Morgan fingerprint density at radius 1 is 1.19 bits per heavy atom. The van der Waals surface area contributed by atoms with Gasteiger partial charge in [-0.15, -0.1) is 0 Å². The fraction of sp³-hybridized carbons (Fsp3) is 0.267. The molecule has 2 rings (SSSR count). The molecular weight excluding hydrogens is 314 g/mol. The van der Waals surface area contributed by atoms with Crippen LogP contribution in [0.15, 0.2) is 30.3 Å². The van der Waals surface area contributed by atoms with Gasteiger partial charge in [0.1, 0.15) is 11.6 Å². The highest BCUT2D eigenvalue weighted by molar-refractivity contribution is 6.31. The predicted molar refractivity (Wildman–Crippen MR) is 82.7 cm³/mol. The quantitative estimate of drug-likeness (QED) is 0.772. The van der Waals surface area contributed by atoms with E-state index < -0.39 is 5.82 Å².